The molecule has 1 aliphatic heterocycles. The molecule has 0 spiro atoms. The maximum atomic E-state index is 11.6. The Labute approximate surface area is 88.7 Å². The van der Waals surface area contributed by atoms with Crippen LogP contribution in [0.5, 0.6) is 0 Å². The number of nitrogens with zero attached hydrogens (tertiary/aromatic N) is 1. The van der Waals surface area contributed by atoms with Crippen molar-refractivity contribution in [2.24, 2.45) is 5.92 Å². The fourth-order valence-electron chi connectivity index (χ4n) is 1.76. The van der Waals surface area contributed by atoms with E-state index in [0.29, 0.717) is 6.54 Å². The minimum absolute atomic E-state index is 0.154. The van der Waals surface area contributed by atoms with Crippen LogP contribution < -0.4 is 10.6 Å². The molecule has 15 heavy (non-hydrogen) atoms. The van der Waals surface area contributed by atoms with Gasteiger partial charge in [-0.2, -0.15) is 0 Å². The highest BCUT2D eigenvalue weighted by molar-refractivity contribution is 5.79. The van der Waals surface area contributed by atoms with Gasteiger partial charge in [-0.25, -0.2) is 4.98 Å². The van der Waals surface area contributed by atoms with E-state index >= 15 is 0 Å². The average molecular weight is 208 g/mol. The standard InChI is InChI=1S/C10H16N4O/c15-10(8-1-3-11-7-8)14-4-2-9-12-5-6-13-9/h5-6,8,11H,1-4,7H2,(H,12,13)(H,14,15). The first-order valence-corrected chi connectivity index (χ1v) is 5.33. The van der Waals surface area contributed by atoms with E-state index in [1.165, 1.54) is 0 Å². The predicted molar refractivity (Wildman–Crippen MR) is 56.3 cm³/mol. The summed E-state index contributed by atoms with van der Waals surface area (Å²) in [6.45, 7) is 2.42. The minimum atomic E-state index is 0.154. The minimum Gasteiger partial charge on any atom is -0.355 e. The van der Waals surface area contributed by atoms with Crippen LogP contribution in [0.25, 0.3) is 0 Å². The number of aromatic nitrogens is 2. The second-order valence-electron chi connectivity index (χ2n) is 3.77. The lowest BCUT2D eigenvalue weighted by molar-refractivity contribution is -0.124. The molecule has 1 saturated heterocycles. The molecule has 5 nitrogen and oxygen atoms in total. The van der Waals surface area contributed by atoms with Crippen LogP contribution in [-0.4, -0.2) is 35.5 Å². The van der Waals surface area contributed by atoms with E-state index in [0.717, 1.165) is 31.8 Å². The zero-order valence-corrected chi connectivity index (χ0v) is 8.62. The molecule has 1 unspecified atom stereocenters. The molecule has 0 aliphatic carbocycles. The number of hydrogen-bond donors (Lipinski definition) is 3. The summed E-state index contributed by atoms with van der Waals surface area (Å²) in [5.41, 5.74) is 0. The summed E-state index contributed by atoms with van der Waals surface area (Å²) in [6, 6.07) is 0. The van der Waals surface area contributed by atoms with Gasteiger partial charge in [-0.1, -0.05) is 0 Å². The molecule has 1 fully saturated rings. The lowest BCUT2D eigenvalue weighted by Gasteiger charge is -2.08. The van der Waals surface area contributed by atoms with Crippen LogP contribution in [0, 0.1) is 5.92 Å². The van der Waals surface area contributed by atoms with Crippen molar-refractivity contribution in [2.45, 2.75) is 12.8 Å². The molecule has 0 bridgehead atoms. The van der Waals surface area contributed by atoms with E-state index in [1.54, 1.807) is 12.4 Å². The third-order valence-corrected chi connectivity index (χ3v) is 2.65. The Hall–Kier alpha value is -1.36. The maximum Gasteiger partial charge on any atom is 0.224 e. The van der Waals surface area contributed by atoms with Gasteiger partial charge in [0.2, 0.25) is 5.91 Å². The third kappa shape index (κ3) is 2.79. The first kappa shape index (κ1) is 10.2. The molecule has 5 heteroatoms. The highest BCUT2D eigenvalue weighted by Gasteiger charge is 2.21. The van der Waals surface area contributed by atoms with Crippen LogP contribution in [-0.2, 0) is 11.2 Å². The van der Waals surface area contributed by atoms with Crippen molar-refractivity contribution in [3.05, 3.63) is 18.2 Å². The Balaban J connectivity index is 1.67. The first-order chi connectivity index (χ1) is 7.36. The highest BCUT2D eigenvalue weighted by atomic mass is 16.1. The fraction of sp³-hybridized carbons (Fsp3) is 0.600. The first-order valence-electron chi connectivity index (χ1n) is 5.33. The van der Waals surface area contributed by atoms with Crippen molar-refractivity contribution in [1.82, 2.24) is 20.6 Å². The van der Waals surface area contributed by atoms with Crippen LogP contribution in [0.4, 0.5) is 0 Å². The van der Waals surface area contributed by atoms with E-state index in [2.05, 4.69) is 20.6 Å². The zero-order valence-electron chi connectivity index (χ0n) is 8.62. The van der Waals surface area contributed by atoms with Crippen molar-refractivity contribution in [3.63, 3.8) is 0 Å². The largest absolute Gasteiger partial charge is 0.355 e. The summed E-state index contributed by atoms with van der Waals surface area (Å²) < 4.78 is 0. The Kier molecular flexibility index (Phi) is 3.34. The van der Waals surface area contributed by atoms with Crippen molar-refractivity contribution in [1.29, 1.82) is 0 Å². The van der Waals surface area contributed by atoms with Gasteiger partial charge in [0.1, 0.15) is 5.82 Å². The Bertz CT molecular complexity index is 303. The second kappa shape index (κ2) is 4.93. The average Bonchev–Trinajstić information content (AvgIpc) is 2.90. The number of aromatic amines is 1. The quantitative estimate of drug-likeness (QED) is 0.635. The summed E-state index contributed by atoms with van der Waals surface area (Å²) >= 11 is 0. The molecule has 3 N–H and O–H groups in total. The molecule has 82 valence electrons. The molecule has 1 aromatic heterocycles. The number of hydrogen-bond acceptors (Lipinski definition) is 3. The Morgan fingerprint density at radius 3 is 3.27 bits per heavy atom. The molecule has 0 radical (unpaired) electrons. The lowest BCUT2D eigenvalue weighted by atomic mass is 10.1. The molecular weight excluding hydrogens is 192 g/mol. The van der Waals surface area contributed by atoms with Gasteiger partial charge in [0.25, 0.3) is 0 Å². The fourth-order valence-corrected chi connectivity index (χ4v) is 1.76. The van der Waals surface area contributed by atoms with Crippen LogP contribution in [0.1, 0.15) is 12.2 Å². The lowest BCUT2D eigenvalue weighted by Crippen LogP contribution is -2.33. The smallest absolute Gasteiger partial charge is 0.224 e. The van der Waals surface area contributed by atoms with Crippen LogP contribution in [0.2, 0.25) is 0 Å². The van der Waals surface area contributed by atoms with Gasteiger partial charge < -0.3 is 15.6 Å². The van der Waals surface area contributed by atoms with E-state index in [-0.39, 0.29) is 11.8 Å². The van der Waals surface area contributed by atoms with Crippen molar-refractivity contribution in [2.75, 3.05) is 19.6 Å². The third-order valence-electron chi connectivity index (χ3n) is 2.65. The van der Waals surface area contributed by atoms with Gasteiger partial charge in [0.05, 0.1) is 5.92 Å². The number of rotatable bonds is 4. The van der Waals surface area contributed by atoms with Gasteiger partial charge in [-0.15, -0.1) is 0 Å². The molecule has 2 heterocycles. The monoisotopic (exact) mass is 208 g/mol. The molecule has 0 saturated carbocycles. The molecule has 1 aromatic rings. The predicted octanol–water partition coefficient (Wildman–Crippen LogP) is -0.322. The van der Waals surface area contributed by atoms with Crippen LogP contribution >= 0.6 is 0 Å². The normalized spacial score (nSPS) is 20.4. The molecular formula is C10H16N4O. The molecule has 1 aliphatic rings. The van der Waals surface area contributed by atoms with E-state index in [9.17, 15) is 4.79 Å². The number of carbonyl (C=O) groups excluding carboxylic acids is 1. The van der Waals surface area contributed by atoms with Crippen molar-refractivity contribution < 1.29 is 4.79 Å². The number of carbonyl (C=O) groups is 1. The molecule has 1 amide bonds. The highest BCUT2D eigenvalue weighted by Crippen LogP contribution is 2.06. The zero-order chi connectivity index (χ0) is 10.5. The van der Waals surface area contributed by atoms with Crippen molar-refractivity contribution >= 4 is 5.91 Å². The molecule has 2 rings (SSSR count). The number of imidazole rings is 1. The van der Waals surface area contributed by atoms with Gasteiger partial charge in [-0.3, -0.25) is 4.79 Å². The number of nitrogens with one attached hydrogen (secondary N) is 3. The van der Waals surface area contributed by atoms with Gasteiger partial charge in [0, 0.05) is 31.9 Å². The summed E-state index contributed by atoms with van der Waals surface area (Å²) in [5, 5.41) is 6.10. The summed E-state index contributed by atoms with van der Waals surface area (Å²) in [4.78, 5) is 18.7. The summed E-state index contributed by atoms with van der Waals surface area (Å²) in [6.07, 6.45) is 5.22. The Morgan fingerprint density at radius 1 is 1.67 bits per heavy atom. The van der Waals surface area contributed by atoms with Gasteiger partial charge >= 0.3 is 0 Å². The van der Waals surface area contributed by atoms with Crippen LogP contribution in [0.3, 0.4) is 0 Å². The number of H-pyrrole nitrogens is 1. The summed E-state index contributed by atoms with van der Waals surface area (Å²) in [7, 11) is 0. The molecule has 0 aromatic carbocycles. The Morgan fingerprint density at radius 2 is 2.60 bits per heavy atom. The number of amides is 1. The van der Waals surface area contributed by atoms with Crippen LogP contribution in [0.15, 0.2) is 12.4 Å². The van der Waals surface area contributed by atoms with Gasteiger partial charge in [-0.05, 0) is 13.0 Å². The second-order valence-corrected chi connectivity index (χ2v) is 3.77. The van der Waals surface area contributed by atoms with E-state index in [4.69, 9.17) is 0 Å². The molecule has 1 atom stereocenters. The van der Waals surface area contributed by atoms with E-state index in [1.807, 2.05) is 0 Å². The summed E-state index contributed by atoms with van der Waals surface area (Å²) in [5.74, 6) is 1.23. The van der Waals surface area contributed by atoms with E-state index < -0.39 is 0 Å². The van der Waals surface area contributed by atoms with Crippen molar-refractivity contribution in [3.8, 4) is 0 Å². The van der Waals surface area contributed by atoms with Gasteiger partial charge in [0.15, 0.2) is 0 Å². The maximum absolute atomic E-state index is 11.6. The topological polar surface area (TPSA) is 69.8 Å². The SMILES string of the molecule is O=C(NCCc1ncc[nH]1)C1CCNC1.